The van der Waals surface area contributed by atoms with Gasteiger partial charge in [0.2, 0.25) is 0 Å². The van der Waals surface area contributed by atoms with Crippen molar-refractivity contribution in [3.63, 3.8) is 0 Å². The van der Waals surface area contributed by atoms with Crippen LogP contribution in [0.5, 0.6) is 0 Å². The summed E-state index contributed by atoms with van der Waals surface area (Å²) in [6.45, 7) is 8.11. The Labute approximate surface area is 190 Å². The van der Waals surface area contributed by atoms with E-state index < -0.39 is 0 Å². The average Bonchev–Trinajstić information content (AvgIpc) is 3.10. The fourth-order valence-electron chi connectivity index (χ4n) is 3.61. The van der Waals surface area contributed by atoms with E-state index in [0.717, 1.165) is 27.3 Å². The van der Waals surface area contributed by atoms with Gasteiger partial charge in [-0.3, -0.25) is 4.79 Å². The molecule has 0 radical (unpaired) electrons. The lowest BCUT2D eigenvalue weighted by atomic mass is 10.0. The molecule has 0 aliphatic rings. The number of hydrogen-bond acceptors (Lipinski definition) is 5. The Bertz CT molecular complexity index is 1280. The summed E-state index contributed by atoms with van der Waals surface area (Å²) in [6, 6.07) is 14.2. The van der Waals surface area contributed by atoms with Gasteiger partial charge in [0.15, 0.2) is 0 Å². The molecule has 0 saturated heterocycles. The van der Waals surface area contributed by atoms with Crippen molar-refractivity contribution in [2.75, 3.05) is 17.3 Å². The molecule has 2 aromatic carbocycles. The molecule has 0 fully saturated rings. The second-order valence-corrected chi connectivity index (χ2v) is 9.10. The highest BCUT2D eigenvalue weighted by molar-refractivity contribution is 7.20. The molecular weight excluding hydrogens is 423 g/mol. The third-order valence-electron chi connectivity index (χ3n) is 5.46. The Kier molecular flexibility index (Phi) is 5.93. The van der Waals surface area contributed by atoms with Crippen molar-refractivity contribution in [1.29, 1.82) is 0 Å². The second-order valence-electron chi connectivity index (χ2n) is 8.10. The molecule has 4 rings (SSSR count). The maximum absolute atomic E-state index is 13.2. The summed E-state index contributed by atoms with van der Waals surface area (Å²) >= 11 is 1.34. The minimum Gasteiger partial charge on any atom is -0.329 e. The van der Waals surface area contributed by atoms with Crippen LogP contribution in [0.4, 0.5) is 21.6 Å². The minimum absolute atomic E-state index is 0.246. The summed E-state index contributed by atoms with van der Waals surface area (Å²) in [5.74, 6) is 1.28. The van der Waals surface area contributed by atoms with Gasteiger partial charge in [-0.25, -0.2) is 14.4 Å². The first-order valence-electron chi connectivity index (χ1n) is 10.4. The zero-order chi connectivity index (χ0) is 23.0. The third kappa shape index (κ3) is 4.21. The van der Waals surface area contributed by atoms with Gasteiger partial charge in [0.1, 0.15) is 22.3 Å². The fraction of sp³-hybridized carbons (Fsp3) is 0.240. The van der Waals surface area contributed by atoms with Crippen LogP contribution in [0.2, 0.25) is 0 Å². The van der Waals surface area contributed by atoms with Crippen molar-refractivity contribution in [2.45, 2.75) is 33.6 Å². The Hall–Kier alpha value is -3.32. The third-order valence-corrected chi connectivity index (χ3v) is 6.64. The monoisotopic (exact) mass is 448 g/mol. The smallest absolute Gasteiger partial charge is 0.266 e. The van der Waals surface area contributed by atoms with Crippen molar-refractivity contribution < 1.29 is 9.18 Å². The number of carbonyl (C=O) groups excluding carboxylic acids is 1. The van der Waals surface area contributed by atoms with E-state index >= 15 is 0 Å². The second kappa shape index (κ2) is 8.67. The molecule has 0 unspecified atom stereocenters. The molecule has 2 heterocycles. The number of nitrogens with zero attached hydrogens (tertiary/aromatic N) is 3. The highest BCUT2D eigenvalue weighted by atomic mass is 32.1. The number of fused-ring (bicyclic) bond motifs is 1. The Morgan fingerprint density at radius 3 is 2.31 bits per heavy atom. The zero-order valence-electron chi connectivity index (χ0n) is 18.7. The molecular formula is C25H25FN4OS. The fourth-order valence-corrected chi connectivity index (χ4v) is 4.72. The summed E-state index contributed by atoms with van der Waals surface area (Å²) in [5.41, 5.74) is 3.65. The number of aromatic nitrogens is 2. The van der Waals surface area contributed by atoms with Gasteiger partial charge in [-0.05, 0) is 67.3 Å². The minimum atomic E-state index is -0.346. The van der Waals surface area contributed by atoms with Gasteiger partial charge < -0.3 is 10.2 Å². The van der Waals surface area contributed by atoms with E-state index in [9.17, 15) is 9.18 Å². The first-order valence-corrected chi connectivity index (χ1v) is 11.2. The number of rotatable bonds is 5. The maximum Gasteiger partial charge on any atom is 0.266 e. The molecule has 1 N–H and O–H groups in total. The predicted molar refractivity (Wildman–Crippen MR) is 130 cm³/mol. The Morgan fingerprint density at radius 1 is 1.03 bits per heavy atom. The number of thiophene rings is 1. The number of halogens is 1. The van der Waals surface area contributed by atoms with Crippen LogP contribution in [-0.4, -0.2) is 22.9 Å². The van der Waals surface area contributed by atoms with E-state index in [1.807, 2.05) is 25.8 Å². The lowest BCUT2D eigenvalue weighted by Gasteiger charge is -2.20. The molecule has 2 aromatic heterocycles. The molecule has 5 nitrogen and oxygen atoms in total. The van der Waals surface area contributed by atoms with Gasteiger partial charge in [-0.2, -0.15) is 0 Å². The Morgan fingerprint density at radius 2 is 1.69 bits per heavy atom. The number of amides is 1. The van der Waals surface area contributed by atoms with E-state index in [1.54, 1.807) is 12.1 Å². The van der Waals surface area contributed by atoms with Crippen LogP contribution in [0.1, 0.15) is 46.4 Å². The van der Waals surface area contributed by atoms with Gasteiger partial charge in [-0.1, -0.05) is 26.0 Å². The van der Waals surface area contributed by atoms with E-state index in [4.69, 9.17) is 4.98 Å². The number of hydrogen-bond donors (Lipinski definition) is 1. The van der Waals surface area contributed by atoms with Gasteiger partial charge in [-0.15, -0.1) is 11.3 Å². The van der Waals surface area contributed by atoms with Crippen molar-refractivity contribution in [2.24, 2.45) is 0 Å². The molecule has 4 aromatic rings. The lowest BCUT2D eigenvalue weighted by Crippen LogP contribution is -2.13. The summed E-state index contributed by atoms with van der Waals surface area (Å²) in [4.78, 5) is 25.6. The summed E-state index contributed by atoms with van der Waals surface area (Å²) < 4.78 is 13.2. The maximum atomic E-state index is 13.2. The number of aryl methyl sites for hydroxylation is 2. The number of nitrogens with one attached hydrogen (secondary N) is 1. The largest absolute Gasteiger partial charge is 0.329 e. The lowest BCUT2D eigenvalue weighted by molar-refractivity contribution is 0.103. The highest BCUT2D eigenvalue weighted by Crippen LogP contribution is 2.37. The Balaban J connectivity index is 1.73. The first-order chi connectivity index (χ1) is 15.2. The van der Waals surface area contributed by atoms with Gasteiger partial charge in [0.25, 0.3) is 5.91 Å². The van der Waals surface area contributed by atoms with Crippen molar-refractivity contribution in [3.8, 4) is 0 Å². The average molecular weight is 449 g/mol. The first kappa shape index (κ1) is 21.9. The highest BCUT2D eigenvalue weighted by Gasteiger charge is 2.22. The van der Waals surface area contributed by atoms with Gasteiger partial charge in [0.05, 0.1) is 10.3 Å². The van der Waals surface area contributed by atoms with Gasteiger partial charge >= 0.3 is 0 Å². The number of anilines is 3. The molecule has 0 saturated carbocycles. The van der Waals surface area contributed by atoms with Crippen LogP contribution in [0.15, 0.2) is 48.5 Å². The summed E-state index contributed by atoms with van der Waals surface area (Å²) in [5, 5.41) is 3.70. The quantitative estimate of drug-likeness (QED) is 0.374. The molecule has 0 atom stereocenters. The predicted octanol–water partition coefficient (Wildman–Crippen LogP) is 6.59. The SMILES string of the molecule is Cc1nc(N(C)c2ccc(C(C)C)cc2)c2c(C)c(C(=O)Nc3ccc(F)cc3)sc2n1. The molecule has 0 aliphatic heterocycles. The molecule has 32 heavy (non-hydrogen) atoms. The standard InChI is InChI=1S/C25H25FN4OS/c1-14(2)17-6-12-20(13-7-17)30(5)23-21-15(3)22(32-25(21)28-16(4)27-23)24(31)29-19-10-8-18(26)9-11-19/h6-14H,1-5H3,(H,29,31). The normalized spacial score (nSPS) is 11.2. The van der Waals surface area contributed by atoms with Crippen molar-refractivity contribution in [3.05, 3.63) is 76.2 Å². The van der Waals surface area contributed by atoms with Crippen molar-refractivity contribution in [1.82, 2.24) is 9.97 Å². The van der Waals surface area contributed by atoms with Crippen LogP contribution in [0.25, 0.3) is 10.2 Å². The molecule has 7 heteroatoms. The molecule has 164 valence electrons. The molecule has 0 aliphatic carbocycles. The van der Waals surface area contributed by atoms with E-state index in [-0.39, 0.29) is 11.7 Å². The summed E-state index contributed by atoms with van der Waals surface area (Å²) in [6.07, 6.45) is 0. The van der Waals surface area contributed by atoms with Crippen LogP contribution >= 0.6 is 11.3 Å². The molecule has 0 spiro atoms. The van der Waals surface area contributed by atoms with Crippen LogP contribution in [-0.2, 0) is 0 Å². The van der Waals surface area contributed by atoms with Gasteiger partial charge in [0, 0.05) is 18.4 Å². The van der Waals surface area contributed by atoms with E-state index in [1.165, 1.54) is 29.0 Å². The van der Waals surface area contributed by atoms with Crippen LogP contribution < -0.4 is 10.2 Å². The van der Waals surface area contributed by atoms with Crippen LogP contribution in [0, 0.1) is 19.7 Å². The van der Waals surface area contributed by atoms with E-state index in [0.29, 0.717) is 22.3 Å². The molecule has 1 amide bonds. The topological polar surface area (TPSA) is 58.1 Å². The molecule has 0 bridgehead atoms. The summed E-state index contributed by atoms with van der Waals surface area (Å²) in [7, 11) is 1.97. The van der Waals surface area contributed by atoms with E-state index in [2.05, 4.69) is 48.4 Å². The van der Waals surface area contributed by atoms with Crippen LogP contribution in [0.3, 0.4) is 0 Å². The number of carbonyl (C=O) groups is 1. The number of benzene rings is 2. The zero-order valence-corrected chi connectivity index (χ0v) is 19.5. The van der Waals surface area contributed by atoms with Crippen molar-refractivity contribution >= 4 is 44.7 Å².